The summed E-state index contributed by atoms with van der Waals surface area (Å²) in [6, 6.07) is 3.39. The Balaban J connectivity index is 3.09. The fourth-order valence-electron chi connectivity index (χ4n) is 2.30. The van der Waals surface area contributed by atoms with E-state index >= 15 is 0 Å². The van der Waals surface area contributed by atoms with Crippen LogP contribution >= 0.6 is 0 Å². The highest BCUT2D eigenvalue weighted by Gasteiger charge is 2.20. The van der Waals surface area contributed by atoms with Gasteiger partial charge in [-0.3, -0.25) is 0 Å². The Morgan fingerprint density at radius 3 is 2.35 bits per heavy atom. The van der Waals surface area contributed by atoms with E-state index < -0.39 is 10.0 Å². The number of sulfonamides is 1. The van der Waals surface area contributed by atoms with Crippen molar-refractivity contribution in [2.24, 2.45) is 5.73 Å². The largest absolute Gasteiger partial charge is 0.326 e. The SMILES string of the molecule is Cc1cc(C)c(S(=O)(=O)NC(C)CN(C)C)cc1CN. The molecule has 6 heteroatoms. The Hall–Kier alpha value is -0.950. The number of hydrogen-bond donors (Lipinski definition) is 2. The minimum absolute atomic E-state index is 0.156. The summed E-state index contributed by atoms with van der Waals surface area (Å²) in [5.41, 5.74) is 8.27. The lowest BCUT2D eigenvalue weighted by atomic mass is 10.1. The normalized spacial score (nSPS) is 13.8. The minimum atomic E-state index is -3.52. The van der Waals surface area contributed by atoms with Gasteiger partial charge in [0.1, 0.15) is 0 Å². The molecule has 0 fully saturated rings. The van der Waals surface area contributed by atoms with Gasteiger partial charge < -0.3 is 10.6 Å². The van der Waals surface area contributed by atoms with Gasteiger partial charge in [-0.25, -0.2) is 13.1 Å². The fourth-order valence-corrected chi connectivity index (χ4v) is 3.81. The van der Waals surface area contributed by atoms with Gasteiger partial charge >= 0.3 is 0 Å². The summed E-state index contributed by atoms with van der Waals surface area (Å²) in [5.74, 6) is 0. The van der Waals surface area contributed by atoms with Gasteiger partial charge in [0.25, 0.3) is 0 Å². The summed E-state index contributed by atoms with van der Waals surface area (Å²) < 4.78 is 27.6. The zero-order valence-electron chi connectivity index (χ0n) is 12.9. The molecular formula is C14H25N3O2S. The van der Waals surface area contributed by atoms with Crippen LogP contribution in [0.5, 0.6) is 0 Å². The predicted molar refractivity (Wildman–Crippen MR) is 82.1 cm³/mol. The van der Waals surface area contributed by atoms with Gasteiger partial charge in [-0.05, 0) is 57.6 Å². The third-order valence-corrected chi connectivity index (χ3v) is 4.87. The Bertz CT molecular complexity index is 568. The molecule has 0 saturated heterocycles. The van der Waals surface area contributed by atoms with E-state index in [4.69, 9.17) is 5.73 Å². The van der Waals surface area contributed by atoms with Crippen molar-refractivity contribution in [1.29, 1.82) is 0 Å². The molecule has 0 amide bonds. The Morgan fingerprint density at radius 2 is 1.85 bits per heavy atom. The van der Waals surface area contributed by atoms with E-state index in [2.05, 4.69) is 4.72 Å². The fraction of sp³-hybridized carbons (Fsp3) is 0.571. The first-order valence-corrected chi connectivity index (χ1v) is 8.13. The van der Waals surface area contributed by atoms with Crippen LogP contribution in [-0.2, 0) is 16.6 Å². The third kappa shape index (κ3) is 4.28. The monoisotopic (exact) mass is 299 g/mol. The molecule has 0 aromatic heterocycles. The summed E-state index contributed by atoms with van der Waals surface area (Å²) in [7, 11) is 0.305. The maximum atomic E-state index is 12.5. The summed E-state index contributed by atoms with van der Waals surface area (Å²) in [6.45, 7) is 6.58. The molecule has 1 aromatic carbocycles. The van der Waals surface area contributed by atoms with Crippen LogP contribution in [0, 0.1) is 13.8 Å². The number of aryl methyl sites for hydroxylation is 2. The molecule has 0 bridgehead atoms. The number of hydrogen-bond acceptors (Lipinski definition) is 4. The van der Waals surface area contributed by atoms with Crippen LogP contribution in [0.3, 0.4) is 0 Å². The molecule has 0 saturated carbocycles. The van der Waals surface area contributed by atoms with Gasteiger partial charge in [0, 0.05) is 19.1 Å². The van der Waals surface area contributed by atoms with E-state index in [0.29, 0.717) is 18.0 Å². The van der Waals surface area contributed by atoms with Crippen molar-refractivity contribution in [1.82, 2.24) is 9.62 Å². The van der Waals surface area contributed by atoms with E-state index in [1.165, 1.54) is 0 Å². The molecule has 1 unspecified atom stereocenters. The standard InChI is InChI=1S/C14H25N3O2S/c1-10-6-11(2)14(7-13(10)8-15)20(18,19)16-12(3)9-17(4)5/h6-7,12,16H,8-9,15H2,1-5H3. The van der Waals surface area contributed by atoms with Crippen LogP contribution < -0.4 is 10.5 Å². The van der Waals surface area contributed by atoms with Gasteiger partial charge in [-0.1, -0.05) is 6.07 Å². The molecule has 1 aromatic rings. The van der Waals surface area contributed by atoms with E-state index in [-0.39, 0.29) is 6.04 Å². The predicted octanol–water partition coefficient (Wildman–Crippen LogP) is 0.991. The lowest BCUT2D eigenvalue weighted by molar-refractivity contribution is 0.370. The van der Waals surface area contributed by atoms with E-state index in [0.717, 1.165) is 16.7 Å². The summed E-state index contributed by atoms with van der Waals surface area (Å²) >= 11 is 0. The topological polar surface area (TPSA) is 75.4 Å². The number of nitrogens with zero attached hydrogens (tertiary/aromatic N) is 1. The van der Waals surface area contributed by atoms with Crippen molar-refractivity contribution in [2.75, 3.05) is 20.6 Å². The van der Waals surface area contributed by atoms with E-state index in [9.17, 15) is 8.42 Å². The summed E-state index contributed by atoms with van der Waals surface area (Å²) in [5, 5.41) is 0. The van der Waals surface area contributed by atoms with Crippen molar-refractivity contribution >= 4 is 10.0 Å². The molecule has 114 valence electrons. The third-order valence-electron chi connectivity index (χ3n) is 3.14. The first-order valence-electron chi connectivity index (χ1n) is 6.64. The molecule has 0 spiro atoms. The van der Waals surface area contributed by atoms with Crippen LogP contribution in [-0.4, -0.2) is 40.0 Å². The number of nitrogens with one attached hydrogen (secondary N) is 1. The second-order valence-corrected chi connectivity index (χ2v) is 7.22. The quantitative estimate of drug-likeness (QED) is 0.821. The second kappa shape index (κ2) is 6.67. The van der Waals surface area contributed by atoms with Gasteiger partial charge in [-0.2, -0.15) is 0 Å². The first-order chi connectivity index (χ1) is 9.17. The highest BCUT2D eigenvalue weighted by Crippen LogP contribution is 2.20. The molecule has 0 aliphatic rings. The lowest BCUT2D eigenvalue weighted by Gasteiger charge is -2.19. The zero-order valence-corrected chi connectivity index (χ0v) is 13.7. The maximum absolute atomic E-state index is 12.5. The van der Waals surface area contributed by atoms with Crippen molar-refractivity contribution < 1.29 is 8.42 Å². The van der Waals surface area contributed by atoms with E-state index in [1.807, 2.05) is 38.9 Å². The van der Waals surface area contributed by atoms with Crippen LogP contribution in [0.1, 0.15) is 23.6 Å². The second-order valence-electron chi connectivity index (χ2n) is 5.53. The molecule has 3 N–H and O–H groups in total. The molecule has 0 heterocycles. The molecule has 1 atom stereocenters. The number of rotatable bonds is 6. The van der Waals surface area contributed by atoms with Crippen LogP contribution in [0.25, 0.3) is 0 Å². The molecule has 0 radical (unpaired) electrons. The molecule has 0 aliphatic heterocycles. The molecule has 1 rings (SSSR count). The lowest BCUT2D eigenvalue weighted by Crippen LogP contribution is -2.39. The molecular weight excluding hydrogens is 274 g/mol. The molecule has 5 nitrogen and oxygen atoms in total. The van der Waals surface area contributed by atoms with E-state index in [1.54, 1.807) is 13.0 Å². The van der Waals surface area contributed by atoms with Crippen molar-refractivity contribution in [3.8, 4) is 0 Å². The van der Waals surface area contributed by atoms with Gasteiger partial charge in [-0.15, -0.1) is 0 Å². The van der Waals surface area contributed by atoms with Crippen molar-refractivity contribution in [3.05, 3.63) is 28.8 Å². The van der Waals surface area contributed by atoms with Crippen molar-refractivity contribution in [3.63, 3.8) is 0 Å². The van der Waals surface area contributed by atoms with Crippen LogP contribution in [0.4, 0.5) is 0 Å². The first kappa shape index (κ1) is 17.1. The molecule has 20 heavy (non-hydrogen) atoms. The van der Waals surface area contributed by atoms with Crippen LogP contribution in [0.2, 0.25) is 0 Å². The average molecular weight is 299 g/mol. The minimum Gasteiger partial charge on any atom is -0.326 e. The highest BCUT2D eigenvalue weighted by molar-refractivity contribution is 7.89. The van der Waals surface area contributed by atoms with Gasteiger partial charge in [0.15, 0.2) is 0 Å². The highest BCUT2D eigenvalue weighted by atomic mass is 32.2. The van der Waals surface area contributed by atoms with Gasteiger partial charge in [0.05, 0.1) is 4.90 Å². The number of nitrogens with two attached hydrogens (primary N) is 1. The Labute approximate surface area is 122 Å². The molecule has 0 aliphatic carbocycles. The average Bonchev–Trinajstić information content (AvgIpc) is 2.26. The van der Waals surface area contributed by atoms with Crippen LogP contribution in [0.15, 0.2) is 17.0 Å². The maximum Gasteiger partial charge on any atom is 0.241 e. The number of likely N-dealkylation sites (N-methyl/N-ethyl adjacent to an activating group) is 1. The Morgan fingerprint density at radius 1 is 1.25 bits per heavy atom. The van der Waals surface area contributed by atoms with Gasteiger partial charge in [0.2, 0.25) is 10.0 Å². The zero-order chi connectivity index (χ0) is 15.5. The smallest absolute Gasteiger partial charge is 0.241 e. The summed E-state index contributed by atoms with van der Waals surface area (Å²) in [4.78, 5) is 2.26. The summed E-state index contributed by atoms with van der Waals surface area (Å²) in [6.07, 6.45) is 0. The number of benzene rings is 1. The Kier molecular flexibility index (Phi) is 5.70. The van der Waals surface area contributed by atoms with Crippen molar-refractivity contribution in [2.45, 2.75) is 38.3 Å².